The zero-order valence-electron chi connectivity index (χ0n) is 9.60. The molecule has 2 aromatic rings. The van der Waals surface area contributed by atoms with E-state index < -0.39 is 0 Å². The molecule has 0 fully saturated rings. The van der Waals surface area contributed by atoms with Crippen LogP contribution in [0.5, 0.6) is 0 Å². The number of aromatic nitrogens is 1. The van der Waals surface area contributed by atoms with Gasteiger partial charge in [-0.2, -0.15) is 0 Å². The van der Waals surface area contributed by atoms with Gasteiger partial charge in [-0.15, -0.1) is 0 Å². The Labute approximate surface area is 106 Å². The van der Waals surface area contributed by atoms with E-state index in [4.69, 9.17) is 17.3 Å². The number of rotatable bonds is 3. The van der Waals surface area contributed by atoms with E-state index in [1.165, 1.54) is 0 Å². The van der Waals surface area contributed by atoms with Gasteiger partial charge < -0.3 is 10.6 Å². The Morgan fingerprint density at radius 1 is 1.29 bits per heavy atom. The van der Waals surface area contributed by atoms with Crippen LogP contribution in [0.25, 0.3) is 0 Å². The number of nitrogens with two attached hydrogens (primary N) is 1. The van der Waals surface area contributed by atoms with Gasteiger partial charge in [-0.3, -0.25) is 4.98 Å². The molecule has 2 rings (SSSR count). The van der Waals surface area contributed by atoms with E-state index in [0.29, 0.717) is 5.69 Å². The smallest absolute Gasteiger partial charge is 0.0573 e. The molecule has 0 bridgehead atoms. The summed E-state index contributed by atoms with van der Waals surface area (Å²) in [6.07, 6.45) is 3.43. The summed E-state index contributed by atoms with van der Waals surface area (Å²) in [4.78, 5) is 6.15. The topological polar surface area (TPSA) is 42.2 Å². The third-order valence-electron chi connectivity index (χ3n) is 2.49. The van der Waals surface area contributed by atoms with Gasteiger partial charge in [0.1, 0.15) is 0 Å². The van der Waals surface area contributed by atoms with Crippen LogP contribution in [0.1, 0.15) is 5.56 Å². The summed E-state index contributed by atoms with van der Waals surface area (Å²) in [6.45, 7) is 0.770. The molecule has 0 radical (unpaired) electrons. The van der Waals surface area contributed by atoms with E-state index in [2.05, 4.69) is 9.88 Å². The minimum Gasteiger partial charge on any atom is -0.397 e. The number of nitrogens with zero attached hydrogens (tertiary/aromatic N) is 2. The van der Waals surface area contributed by atoms with Gasteiger partial charge in [0.15, 0.2) is 0 Å². The van der Waals surface area contributed by atoms with Crippen LogP contribution in [0.2, 0.25) is 5.02 Å². The van der Waals surface area contributed by atoms with E-state index in [1.807, 2.05) is 37.4 Å². The van der Waals surface area contributed by atoms with Crippen LogP contribution >= 0.6 is 11.6 Å². The first-order chi connectivity index (χ1) is 8.15. The van der Waals surface area contributed by atoms with Gasteiger partial charge in [0.2, 0.25) is 0 Å². The highest BCUT2D eigenvalue weighted by molar-refractivity contribution is 6.30. The highest BCUT2D eigenvalue weighted by Crippen LogP contribution is 2.18. The molecule has 0 aliphatic rings. The summed E-state index contributed by atoms with van der Waals surface area (Å²) in [5.74, 6) is 0. The van der Waals surface area contributed by atoms with E-state index in [-0.39, 0.29) is 0 Å². The summed E-state index contributed by atoms with van der Waals surface area (Å²) in [7, 11) is 2.00. The van der Waals surface area contributed by atoms with Crippen molar-refractivity contribution in [1.29, 1.82) is 0 Å². The Kier molecular flexibility index (Phi) is 3.49. The van der Waals surface area contributed by atoms with Crippen molar-refractivity contribution >= 4 is 23.0 Å². The van der Waals surface area contributed by atoms with E-state index in [1.54, 1.807) is 12.4 Å². The van der Waals surface area contributed by atoms with Gasteiger partial charge in [0.05, 0.1) is 17.6 Å². The number of hydrogen-bond donors (Lipinski definition) is 1. The Hall–Kier alpha value is -1.74. The van der Waals surface area contributed by atoms with Crippen molar-refractivity contribution < 1.29 is 0 Å². The maximum absolute atomic E-state index is 5.95. The molecule has 2 N–H and O–H groups in total. The fraction of sp³-hybridized carbons (Fsp3) is 0.154. The predicted molar refractivity (Wildman–Crippen MR) is 72.2 cm³/mol. The second-order valence-electron chi connectivity index (χ2n) is 3.96. The van der Waals surface area contributed by atoms with Gasteiger partial charge in [0, 0.05) is 24.8 Å². The number of hydrogen-bond acceptors (Lipinski definition) is 3. The first kappa shape index (κ1) is 11.7. The SMILES string of the molecule is CN(Cc1cccc(Cl)c1)c1cncc(N)c1. The van der Waals surface area contributed by atoms with Crippen LogP contribution in [0.3, 0.4) is 0 Å². The minimum atomic E-state index is 0.667. The van der Waals surface area contributed by atoms with Crippen molar-refractivity contribution in [3.63, 3.8) is 0 Å². The van der Waals surface area contributed by atoms with Crippen molar-refractivity contribution in [2.24, 2.45) is 0 Å². The van der Waals surface area contributed by atoms with Crippen LogP contribution < -0.4 is 10.6 Å². The fourth-order valence-electron chi connectivity index (χ4n) is 1.65. The molecule has 0 saturated carbocycles. The monoisotopic (exact) mass is 247 g/mol. The molecule has 17 heavy (non-hydrogen) atoms. The summed E-state index contributed by atoms with van der Waals surface area (Å²) in [6, 6.07) is 9.72. The Morgan fingerprint density at radius 2 is 2.12 bits per heavy atom. The highest BCUT2D eigenvalue weighted by Gasteiger charge is 2.03. The van der Waals surface area contributed by atoms with Crippen molar-refractivity contribution in [1.82, 2.24) is 4.98 Å². The van der Waals surface area contributed by atoms with Gasteiger partial charge in [-0.05, 0) is 23.8 Å². The lowest BCUT2D eigenvalue weighted by atomic mass is 10.2. The molecule has 0 aliphatic carbocycles. The van der Waals surface area contributed by atoms with Gasteiger partial charge in [-0.25, -0.2) is 0 Å². The predicted octanol–water partition coefficient (Wildman–Crippen LogP) is 2.95. The molecule has 4 heteroatoms. The first-order valence-electron chi connectivity index (χ1n) is 5.31. The third kappa shape index (κ3) is 3.11. The van der Waals surface area contributed by atoms with Gasteiger partial charge in [-0.1, -0.05) is 23.7 Å². The maximum atomic E-state index is 5.95. The summed E-state index contributed by atoms with van der Waals surface area (Å²) >= 11 is 5.95. The van der Waals surface area contributed by atoms with Crippen LogP contribution in [0.4, 0.5) is 11.4 Å². The van der Waals surface area contributed by atoms with Crippen LogP contribution in [-0.2, 0) is 6.54 Å². The highest BCUT2D eigenvalue weighted by atomic mass is 35.5. The molecule has 0 spiro atoms. The summed E-state index contributed by atoms with van der Waals surface area (Å²) in [5.41, 5.74) is 8.52. The Balaban J connectivity index is 2.14. The zero-order valence-corrected chi connectivity index (χ0v) is 10.4. The Bertz CT molecular complexity index is 514. The van der Waals surface area contributed by atoms with Gasteiger partial charge in [0.25, 0.3) is 0 Å². The molecule has 1 aromatic heterocycles. The molecular formula is C13H14ClN3. The molecule has 1 heterocycles. The fourth-order valence-corrected chi connectivity index (χ4v) is 1.87. The molecule has 0 aliphatic heterocycles. The second-order valence-corrected chi connectivity index (χ2v) is 4.40. The van der Waals surface area contributed by atoms with Crippen molar-refractivity contribution in [3.8, 4) is 0 Å². The number of halogens is 1. The normalized spacial score (nSPS) is 10.2. The average Bonchev–Trinajstić information content (AvgIpc) is 2.29. The third-order valence-corrected chi connectivity index (χ3v) is 2.73. The number of benzene rings is 1. The van der Waals surface area contributed by atoms with E-state index in [9.17, 15) is 0 Å². The molecule has 3 nitrogen and oxygen atoms in total. The minimum absolute atomic E-state index is 0.667. The molecule has 1 aromatic carbocycles. The van der Waals surface area contributed by atoms with Crippen LogP contribution in [-0.4, -0.2) is 12.0 Å². The van der Waals surface area contributed by atoms with Crippen molar-refractivity contribution in [2.45, 2.75) is 6.54 Å². The first-order valence-corrected chi connectivity index (χ1v) is 5.69. The van der Waals surface area contributed by atoms with Crippen molar-refractivity contribution in [3.05, 3.63) is 53.3 Å². The van der Waals surface area contributed by atoms with Crippen LogP contribution in [0, 0.1) is 0 Å². The summed E-state index contributed by atoms with van der Waals surface area (Å²) < 4.78 is 0. The molecule has 0 saturated heterocycles. The number of nitrogen functional groups attached to an aromatic ring is 1. The number of anilines is 2. The lowest BCUT2D eigenvalue weighted by molar-refractivity contribution is 0.918. The van der Waals surface area contributed by atoms with Gasteiger partial charge >= 0.3 is 0 Å². The average molecular weight is 248 g/mol. The largest absolute Gasteiger partial charge is 0.397 e. The molecule has 0 unspecified atom stereocenters. The van der Waals surface area contributed by atoms with E-state index >= 15 is 0 Å². The summed E-state index contributed by atoms with van der Waals surface area (Å²) in [5, 5.41) is 0.751. The lowest BCUT2D eigenvalue weighted by Gasteiger charge is -2.19. The van der Waals surface area contributed by atoms with Crippen LogP contribution in [0.15, 0.2) is 42.7 Å². The van der Waals surface area contributed by atoms with E-state index in [0.717, 1.165) is 22.8 Å². The standard InChI is InChI=1S/C13H14ClN3/c1-17(13-6-12(15)7-16-8-13)9-10-3-2-4-11(14)5-10/h2-8H,9,15H2,1H3. The number of pyridine rings is 1. The molecule has 88 valence electrons. The maximum Gasteiger partial charge on any atom is 0.0573 e. The second kappa shape index (κ2) is 5.06. The van der Waals surface area contributed by atoms with Crippen molar-refractivity contribution in [2.75, 3.05) is 17.7 Å². The molecular weight excluding hydrogens is 234 g/mol. The zero-order chi connectivity index (χ0) is 12.3. The molecule has 0 amide bonds. The Morgan fingerprint density at radius 3 is 2.82 bits per heavy atom. The molecule has 0 atom stereocenters. The quantitative estimate of drug-likeness (QED) is 0.907. The lowest BCUT2D eigenvalue weighted by Crippen LogP contribution is -2.16.